The van der Waals surface area contributed by atoms with E-state index in [1.807, 2.05) is 13.8 Å². The van der Waals surface area contributed by atoms with E-state index >= 15 is 0 Å². The second-order valence-electron chi connectivity index (χ2n) is 3.14. The first kappa shape index (κ1) is 10.8. The molecule has 0 aromatic heterocycles. The molecule has 1 rings (SSSR count). The van der Waals surface area contributed by atoms with Crippen LogP contribution in [-0.4, -0.2) is 0 Å². The predicted octanol–water partition coefficient (Wildman–Crippen LogP) is 3.95. The van der Waals surface area contributed by atoms with Gasteiger partial charge in [0.1, 0.15) is 0 Å². The molecule has 72 valence electrons. The van der Waals surface area contributed by atoms with Gasteiger partial charge in [-0.15, -0.1) is 0 Å². The molecule has 0 aliphatic heterocycles. The van der Waals surface area contributed by atoms with Crippen molar-refractivity contribution in [3.8, 4) is 0 Å². The Labute approximate surface area is 90.2 Å². The summed E-state index contributed by atoms with van der Waals surface area (Å²) in [6, 6.07) is 1.57. The van der Waals surface area contributed by atoms with Crippen molar-refractivity contribution in [2.24, 2.45) is 0 Å². The molecule has 0 heterocycles. The molecule has 0 spiro atoms. The molecule has 0 aliphatic rings. The zero-order valence-corrected chi connectivity index (χ0v) is 9.71. The minimum absolute atomic E-state index is 0.102. The van der Waals surface area contributed by atoms with Gasteiger partial charge < -0.3 is 5.73 Å². The van der Waals surface area contributed by atoms with Crippen LogP contribution in [0.3, 0.4) is 0 Å². The third kappa shape index (κ3) is 1.97. The van der Waals surface area contributed by atoms with Gasteiger partial charge in [0.15, 0.2) is 5.82 Å². The SMILES string of the molecule is CC(C)c1cc(Cl)c(F)c(Br)c1N. The lowest BCUT2D eigenvalue weighted by Crippen LogP contribution is -1.99. The molecule has 0 atom stereocenters. The minimum atomic E-state index is -0.497. The van der Waals surface area contributed by atoms with Crippen molar-refractivity contribution >= 4 is 33.2 Å². The van der Waals surface area contributed by atoms with E-state index in [0.717, 1.165) is 5.56 Å². The maximum absolute atomic E-state index is 13.2. The van der Waals surface area contributed by atoms with Gasteiger partial charge in [-0.3, -0.25) is 0 Å². The number of nitrogen functional groups attached to an aromatic ring is 1. The quantitative estimate of drug-likeness (QED) is 0.604. The zero-order chi connectivity index (χ0) is 10.2. The van der Waals surface area contributed by atoms with Crippen molar-refractivity contribution in [3.63, 3.8) is 0 Å². The number of benzene rings is 1. The second kappa shape index (κ2) is 3.84. The molecule has 0 unspecified atom stereocenters. The van der Waals surface area contributed by atoms with Crippen LogP contribution in [0.4, 0.5) is 10.1 Å². The van der Waals surface area contributed by atoms with Gasteiger partial charge in [0.2, 0.25) is 0 Å². The molecule has 0 aliphatic carbocycles. The Bertz CT molecular complexity index is 339. The Kier molecular flexibility index (Phi) is 3.19. The summed E-state index contributed by atoms with van der Waals surface area (Å²) in [5.74, 6) is -0.266. The average molecular weight is 267 g/mol. The summed E-state index contributed by atoms with van der Waals surface area (Å²) in [7, 11) is 0. The van der Waals surface area contributed by atoms with E-state index in [0.29, 0.717) is 5.69 Å². The van der Waals surface area contributed by atoms with Crippen LogP contribution in [0.25, 0.3) is 0 Å². The maximum atomic E-state index is 13.2. The van der Waals surface area contributed by atoms with Gasteiger partial charge in [0.25, 0.3) is 0 Å². The molecular formula is C9H10BrClFN. The number of hydrogen-bond donors (Lipinski definition) is 1. The molecule has 0 radical (unpaired) electrons. The Hall–Kier alpha value is -0.280. The monoisotopic (exact) mass is 265 g/mol. The van der Waals surface area contributed by atoms with E-state index in [-0.39, 0.29) is 15.4 Å². The number of rotatable bonds is 1. The highest BCUT2D eigenvalue weighted by atomic mass is 79.9. The van der Waals surface area contributed by atoms with Crippen molar-refractivity contribution in [3.05, 3.63) is 26.9 Å². The van der Waals surface area contributed by atoms with Crippen molar-refractivity contribution < 1.29 is 4.39 Å². The highest BCUT2D eigenvalue weighted by Crippen LogP contribution is 2.35. The van der Waals surface area contributed by atoms with Crippen LogP contribution in [0.1, 0.15) is 25.3 Å². The second-order valence-corrected chi connectivity index (χ2v) is 4.34. The van der Waals surface area contributed by atoms with Gasteiger partial charge in [0.05, 0.1) is 15.2 Å². The Morgan fingerprint density at radius 1 is 1.54 bits per heavy atom. The van der Waals surface area contributed by atoms with E-state index < -0.39 is 5.82 Å². The van der Waals surface area contributed by atoms with Gasteiger partial charge >= 0.3 is 0 Å². The van der Waals surface area contributed by atoms with Gasteiger partial charge in [-0.05, 0) is 33.5 Å². The fourth-order valence-corrected chi connectivity index (χ4v) is 1.87. The summed E-state index contributed by atoms with van der Waals surface area (Å²) < 4.78 is 13.4. The Balaban J connectivity index is 3.41. The highest BCUT2D eigenvalue weighted by Gasteiger charge is 2.14. The zero-order valence-electron chi connectivity index (χ0n) is 7.37. The van der Waals surface area contributed by atoms with Crippen LogP contribution in [0.5, 0.6) is 0 Å². The van der Waals surface area contributed by atoms with E-state index in [1.54, 1.807) is 6.07 Å². The Morgan fingerprint density at radius 3 is 2.54 bits per heavy atom. The normalized spacial score (nSPS) is 10.9. The molecule has 0 bridgehead atoms. The lowest BCUT2D eigenvalue weighted by atomic mass is 10.0. The fourth-order valence-electron chi connectivity index (χ4n) is 1.11. The fraction of sp³-hybridized carbons (Fsp3) is 0.333. The van der Waals surface area contributed by atoms with E-state index in [9.17, 15) is 4.39 Å². The topological polar surface area (TPSA) is 26.0 Å². The first-order chi connectivity index (χ1) is 5.95. The maximum Gasteiger partial charge on any atom is 0.158 e. The highest BCUT2D eigenvalue weighted by molar-refractivity contribution is 9.10. The smallest absolute Gasteiger partial charge is 0.158 e. The summed E-state index contributed by atoms with van der Waals surface area (Å²) in [5.41, 5.74) is 6.99. The number of halogens is 3. The summed E-state index contributed by atoms with van der Waals surface area (Å²) in [4.78, 5) is 0. The van der Waals surface area contributed by atoms with Crippen LogP contribution >= 0.6 is 27.5 Å². The van der Waals surface area contributed by atoms with Crippen LogP contribution in [-0.2, 0) is 0 Å². The number of anilines is 1. The molecule has 1 aromatic rings. The van der Waals surface area contributed by atoms with Gasteiger partial charge in [-0.25, -0.2) is 4.39 Å². The Morgan fingerprint density at radius 2 is 2.08 bits per heavy atom. The van der Waals surface area contributed by atoms with Gasteiger partial charge in [-0.1, -0.05) is 25.4 Å². The molecular weight excluding hydrogens is 256 g/mol. The van der Waals surface area contributed by atoms with E-state index in [1.165, 1.54) is 0 Å². The molecule has 0 saturated heterocycles. The standard InChI is InChI=1S/C9H10BrClFN/c1-4(2)5-3-6(11)8(12)7(10)9(5)13/h3-4H,13H2,1-2H3. The van der Waals surface area contributed by atoms with Crippen molar-refractivity contribution in [2.45, 2.75) is 19.8 Å². The third-order valence-electron chi connectivity index (χ3n) is 1.85. The molecule has 0 saturated carbocycles. The predicted molar refractivity (Wildman–Crippen MR) is 57.6 cm³/mol. The van der Waals surface area contributed by atoms with Crippen LogP contribution < -0.4 is 5.73 Å². The molecule has 2 N–H and O–H groups in total. The first-order valence-electron chi connectivity index (χ1n) is 3.88. The lowest BCUT2D eigenvalue weighted by Gasteiger charge is -2.12. The minimum Gasteiger partial charge on any atom is -0.397 e. The molecule has 4 heteroatoms. The summed E-state index contributed by atoms with van der Waals surface area (Å²) >= 11 is 8.74. The third-order valence-corrected chi connectivity index (χ3v) is 2.90. The first-order valence-corrected chi connectivity index (χ1v) is 5.05. The van der Waals surface area contributed by atoms with Crippen LogP contribution in [0, 0.1) is 5.82 Å². The summed E-state index contributed by atoms with van der Waals surface area (Å²) in [6.07, 6.45) is 0. The summed E-state index contributed by atoms with van der Waals surface area (Å²) in [6.45, 7) is 3.96. The summed E-state index contributed by atoms with van der Waals surface area (Å²) in [5, 5.41) is 0.102. The van der Waals surface area contributed by atoms with Crippen molar-refractivity contribution in [2.75, 3.05) is 5.73 Å². The molecule has 1 nitrogen and oxygen atoms in total. The molecule has 13 heavy (non-hydrogen) atoms. The van der Waals surface area contributed by atoms with Crippen molar-refractivity contribution in [1.82, 2.24) is 0 Å². The molecule has 1 aromatic carbocycles. The van der Waals surface area contributed by atoms with Crippen LogP contribution in [0.2, 0.25) is 5.02 Å². The van der Waals surface area contributed by atoms with E-state index in [2.05, 4.69) is 15.9 Å². The average Bonchev–Trinajstić information content (AvgIpc) is 2.07. The van der Waals surface area contributed by atoms with Crippen LogP contribution in [0.15, 0.2) is 10.5 Å². The largest absolute Gasteiger partial charge is 0.397 e. The molecule has 0 amide bonds. The van der Waals surface area contributed by atoms with Gasteiger partial charge in [0, 0.05) is 0 Å². The number of nitrogens with two attached hydrogens (primary N) is 1. The van der Waals surface area contributed by atoms with E-state index in [4.69, 9.17) is 17.3 Å². The molecule has 0 fully saturated rings. The van der Waals surface area contributed by atoms with Crippen molar-refractivity contribution in [1.29, 1.82) is 0 Å². The number of hydrogen-bond acceptors (Lipinski definition) is 1. The lowest BCUT2D eigenvalue weighted by molar-refractivity contribution is 0.621. The van der Waals surface area contributed by atoms with Gasteiger partial charge in [-0.2, -0.15) is 0 Å².